The minimum absolute atomic E-state index is 0.000426. The monoisotopic (exact) mass is 533 g/mol. The van der Waals surface area contributed by atoms with Crippen LogP contribution in [0.1, 0.15) is 34.8 Å². The maximum absolute atomic E-state index is 14.9. The molecule has 0 saturated heterocycles. The van der Waals surface area contributed by atoms with Gasteiger partial charge in [-0.3, -0.25) is 14.4 Å². The van der Waals surface area contributed by atoms with Crippen LogP contribution < -0.4 is 15.6 Å². The number of alkyl halides is 3. The number of nitrogens with one attached hydrogen (secondary N) is 2. The van der Waals surface area contributed by atoms with Gasteiger partial charge in [0, 0.05) is 42.0 Å². The van der Waals surface area contributed by atoms with Crippen LogP contribution in [0.3, 0.4) is 0 Å². The normalized spacial score (nSPS) is 11.5. The number of anilines is 1. The molecule has 7 nitrogen and oxygen atoms in total. The molecule has 0 spiro atoms. The van der Waals surface area contributed by atoms with Crippen LogP contribution in [0.2, 0.25) is 0 Å². The first-order valence-corrected chi connectivity index (χ1v) is 11.7. The van der Waals surface area contributed by atoms with Gasteiger partial charge in [0.05, 0.1) is 18.6 Å². The third-order valence-electron chi connectivity index (χ3n) is 5.55. The smallest absolute Gasteiger partial charge is 0.416 e. The molecule has 3 aromatic rings. The molecule has 0 aliphatic heterocycles. The quantitative estimate of drug-likeness (QED) is 0.285. The Bertz CT molecular complexity index is 1380. The van der Waals surface area contributed by atoms with E-state index in [1.807, 2.05) is 0 Å². The predicted octanol–water partition coefficient (Wildman–Crippen LogP) is 4.91. The number of rotatable bonds is 10. The second kappa shape index (κ2) is 12.0. The first-order chi connectivity index (χ1) is 17.9. The second-order valence-corrected chi connectivity index (χ2v) is 8.81. The van der Waals surface area contributed by atoms with Crippen LogP contribution in [0.5, 0.6) is 5.75 Å². The highest BCUT2D eigenvalue weighted by atomic mass is 19.4. The summed E-state index contributed by atoms with van der Waals surface area (Å²) < 4.78 is 60.6. The Balaban J connectivity index is 1.81. The van der Waals surface area contributed by atoms with Gasteiger partial charge < -0.3 is 19.9 Å². The number of aromatic nitrogens is 1. The number of halogens is 4. The molecule has 0 bridgehead atoms. The average molecular weight is 534 g/mol. The van der Waals surface area contributed by atoms with Crippen molar-refractivity contribution in [2.24, 2.45) is 0 Å². The summed E-state index contributed by atoms with van der Waals surface area (Å²) in [5.74, 6) is -1.73. The average Bonchev–Trinajstić information content (AvgIpc) is 2.83. The minimum atomic E-state index is -4.73. The number of hydrogen-bond acceptors (Lipinski definition) is 5. The molecule has 2 aromatic carbocycles. The maximum atomic E-state index is 14.9. The highest BCUT2D eigenvalue weighted by Gasteiger charge is 2.32. The number of Topliss-reactive ketones (excluding diaryl/α,β-unsaturated/α-hetero) is 1. The van der Waals surface area contributed by atoms with Crippen LogP contribution >= 0.6 is 0 Å². The van der Waals surface area contributed by atoms with E-state index in [-0.39, 0.29) is 41.2 Å². The number of carbonyl (C=O) groups is 2. The summed E-state index contributed by atoms with van der Waals surface area (Å²) in [5, 5.41) is 2.34. The molecule has 1 amide bonds. The van der Waals surface area contributed by atoms with Crippen molar-refractivity contribution in [3.05, 3.63) is 81.5 Å². The molecule has 11 heteroatoms. The fourth-order valence-electron chi connectivity index (χ4n) is 3.68. The first-order valence-electron chi connectivity index (χ1n) is 11.7. The predicted molar refractivity (Wildman–Crippen MR) is 135 cm³/mol. The number of amides is 1. The molecular formula is C27H27F4N3O4. The molecule has 0 fully saturated rings. The lowest BCUT2D eigenvalue weighted by molar-refractivity contribution is -0.137. The Morgan fingerprint density at radius 2 is 1.82 bits per heavy atom. The van der Waals surface area contributed by atoms with Gasteiger partial charge in [-0.05, 0) is 56.4 Å². The molecule has 0 aliphatic rings. The van der Waals surface area contributed by atoms with E-state index in [1.165, 1.54) is 36.5 Å². The SMILES string of the molecule is CCOc1cc(=O)[nH]cc1-c1ccc(CC(=O)Nc2cc(C(=O)CCN(C)C)cc(C(F)(F)F)c2)c(F)c1. The van der Waals surface area contributed by atoms with Gasteiger partial charge in [0.2, 0.25) is 5.91 Å². The molecular weight excluding hydrogens is 506 g/mol. The van der Waals surface area contributed by atoms with E-state index in [0.717, 1.165) is 12.1 Å². The van der Waals surface area contributed by atoms with Crippen molar-refractivity contribution in [2.45, 2.75) is 25.9 Å². The van der Waals surface area contributed by atoms with Crippen molar-refractivity contribution in [1.29, 1.82) is 0 Å². The van der Waals surface area contributed by atoms with E-state index < -0.39 is 35.7 Å². The van der Waals surface area contributed by atoms with Crippen LogP contribution in [0.4, 0.5) is 23.2 Å². The molecule has 2 N–H and O–H groups in total. The van der Waals surface area contributed by atoms with Crippen molar-refractivity contribution < 1.29 is 31.9 Å². The summed E-state index contributed by atoms with van der Waals surface area (Å²) in [7, 11) is 3.46. The van der Waals surface area contributed by atoms with Gasteiger partial charge in [-0.1, -0.05) is 12.1 Å². The van der Waals surface area contributed by atoms with Gasteiger partial charge in [0.25, 0.3) is 5.56 Å². The number of hydrogen-bond donors (Lipinski definition) is 2. The lowest BCUT2D eigenvalue weighted by Gasteiger charge is -2.14. The van der Waals surface area contributed by atoms with Gasteiger partial charge in [-0.15, -0.1) is 0 Å². The summed E-state index contributed by atoms with van der Waals surface area (Å²) in [4.78, 5) is 40.9. The number of nitrogens with zero attached hydrogens (tertiary/aromatic N) is 1. The molecule has 38 heavy (non-hydrogen) atoms. The van der Waals surface area contributed by atoms with Crippen molar-refractivity contribution in [2.75, 3.05) is 32.6 Å². The van der Waals surface area contributed by atoms with Crippen molar-refractivity contribution in [1.82, 2.24) is 9.88 Å². The minimum Gasteiger partial charge on any atom is -0.493 e. The molecule has 1 heterocycles. The number of benzene rings is 2. The van der Waals surface area contributed by atoms with Gasteiger partial charge in [0.1, 0.15) is 11.6 Å². The van der Waals surface area contributed by atoms with Crippen LogP contribution in [0.15, 0.2) is 53.5 Å². The van der Waals surface area contributed by atoms with Crippen LogP contribution in [-0.4, -0.2) is 48.8 Å². The van der Waals surface area contributed by atoms with E-state index in [9.17, 15) is 31.9 Å². The van der Waals surface area contributed by atoms with E-state index in [0.29, 0.717) is 17.7 Å². The zero-order chi connectivity index (χ0) is 28.0. The largest absolute Gasteiger partial charge is 0.493 e. The highest BCUT2D eigenvalue weighted by molar-refractivity contribution is 5.99. The number of pyridine rings is 1. The molecule has 202 valence electrons. The van der Waals surface area contributed by atoms with E-state index >= 15 is 0 Å². The third kappa shape index (κ3) is 7.51. The Morgan fingerprint density at radius 1 is 1.08 bits per heavy atom. The summed E-state index contributed by atoms with van der Waals surface area (Å²) in [5.41, 5.74) is -1.03. The van der Waals surface area contributed by atoms with Gasteiger partial charge in [-0.25, -0.2) is 4.39 Å². The first kappa shape index (κ1) is 28.6. The van der Waals surface area contributed by atoms with Gasteiger partial charge >= 0.3 is 6.18 Å². The second-order valence-electron chi connectivity index (χ2n) is 8.81. The summed E-state index contributed by atoms with van der Waals surface area (Å²) >= 11 is 0. The molecule has 0 aliphatic carbocycles. The zero-order valence-corrected chi connectivity index (χ0v) is 21.0. The summed E-state index contributed by atoms with van der Waals surface area (Å²) in [6, 6.07) is 7.97. The van der Waals surface area contributed by atoms with Crippen molar-refractivity contribution >= 4 is 17.4 Å². The summed E-state index contributed by atoms with van der Waals surface area (Å²) in [6.07, 6.45) is -3.81. The number of H-pyrrole nitrogens is 1. The van der Waals surface area contributed by atoms with Crippen LogP contribution in [-0.2, 0) is 17.4 Å². The number of ketones is 1. The topological polar surface area (TPSA) is 91.5 Å². The highest BCUT2D eigenvalue weighted by Crippen LogP contribution is 2.33. The van der Waals surface area contributed by atoms with Gasteiger partial charge in [0.15, 0.2) is 5.78 Å². The number of aromatic amines is 1. The van der Waals surface area contributed by atoms with E-state index in [1.54, 1.807) is 25.9 Å². The Labute approximate surface area is 216 Å². The number of ether oxygens (including phenoxy) is 1. The fraction of sp³-hybridized carbons (Fsp3) is 0.296. The molecule has 0 unspecified atom stereocenters. The lowest BCUT2D eigenvalue weighted by Crippen LogP contribution is -2.19. The Hall–Kier alpha value is -3.99. The van der Waals surface area contributed by atoms with E-state index in [2.05, 4.69) is 10.3 Å². The van der Waals surface area contributed by atoms with Crippen molar-refractivity contribution in [3.63, 3.8) is 0 Å². The molecule has 3 rings (SSSR count). The molecule has 0 atom stereocenters. The van der Waals surface area contributed by atoms with Crippen LogP contribution in [0.25, 0.3) is 11.1 Å². The lowest BCUT2D eigenvalue weighted by atomic mass is 10.0. The standard InChI is InChI=1S/C27H27F4N3O4/c1-4-38-24-14-25(36)32-15-21(24)16-5-6-17(22(28)11-16)12-26(37)33-20-10-18(23(35)7-8-34(2)3)9-19(13-20)27(29,30)31/h5-6,9-11,13-15H,4,7-8,12H2,1-3H3,(H,32,36)(H,33,37). The Morgan fingerprint density at radius 3 is 2.45 bits per heavy atom. The molecule has 0 radical (unpaired) electrons. The van der Waals surface area contributed by atoms with Crippen LogP contribution in [0, 0.1) is 5.82 Å². The fourth-order valence-corrected chi connectivity index (χ4v) is 3.68. The maximum Gasteiger partial charge on any atom is 0.416 e. The number of carbonyl (C=O) groups excluding carboxylic acids is 2. The zero-order valence-electron chi connectivity index (χ0n) is 21.0. The van der Waals surface area contributed by atoms with E-state index in [4.69, 9.17) is 4.74 Å². The van der Waals surface area contributed by atoms with Crippen molar-refractivity contribution in [3.8, 4) is 16.9 Å². The molecule has 0 saturated carbocycles. The summed E-state index contributed by atoms with van der Waals surface area (Å²) in [6.45, 7) is 2.37. The molecule has 1 aromatic heterocycles. The van der Waals surface area contributed by atoms with Gasteiger partial charge in [-0.2, -0.15) is 13.2 Å². The Kier molecular flexibility index (Phi) is 9.05. The third-order valence-corrected chi connectivity index (χ3v) is 5.55.